The summed E-state index contributed by atoms with van der Waals surface area (Å²) in [7, 11) is 1.53. The van der Waals surface area contributed by atoms with Crippen molar-refractivity contribution in [2.45, 2.75) is 25.9 Å². The maximum atomic E-state index is 11.8. The molecule has 114 valence electrons. The SMILES string of the molecule is COc1ccc(C)cc1NC(=O)COC(=O)[C@@H]1CCCO1. The summed E-state index contributed by atoms with van der Waals surface area (Å²) >= 11 is 0. The van der Waals surface area contributed by atoms with Gasteiger partial charge in [-0.1, -0.05) is 6.07 Å². The minimum Gasteiger partial charge on any atom is -0.495 e. The van der Waals surface area contributed by atoms with Crippen LogP contribution in [0.5, 0.6) is 5.75 Å². The summed E-state index contributed by atoms with van der Waals surface area (Å²) < 4.78 is 15.3. The van der Waals surface area contributed by atoms with E-state index in [0.717, 1.165) is 12.0 Å². The molecule has 0 aliphatic carbocycles. The molecule has 0 aromatic heterocycles. The lowest BCUT2D eigenvalue weighted by atomic mass is 10.2. The van der Waals surface area contributed by atoms with Crippen molar-refractivity contribution in [1.29, 1.82) is 0 Å². The van der Waals surface area contributed by atoms with E-state index < -0.39 is 18.0 Å². The molecule has 1 aromatic rings. The number of aryl methyl sites for hydroxylation is 1. The molecule has 0 saturated carbocycles. The van der Waals surface area contributed by atoms with Gasteiger partial charge in [0.25, 0.3) is 5.91 Å². The Hall–Kier alpha value is -2.08. The number of amides is 1. The first-order chi connectivity index (χ1) is 10.1. The molecule has 1 saturated heterocycles. The van der Waals surface area contributed by atoms with Gasteiger partial charge < -0.3 is 19.5 Å². The monoisotopic (exact) mass is 293 g/mol. The topological polar surface area (TPSA) is 73.9 Å². The molecule has 6 heteroatoms. The van der Waals surface area contributed by atoms with Gasteiger partial charge in [0.05, 0.1) is 12.8 Å². The molecule has 1 N–H and O–H groups in total. The summed E-state index contributed by atoms with van der Waals surface area (Å²) in [6.07, 6.45) is 0.949. The van der Waals surface area contributed by atoms with Crippen LogP contribution in [-0.2, 0) is 19.1 Å². The summed E-state index contributed by atoms with van der Waals surface area (Å²) in [4.78, 5) is 23.5. The van der Waals surface area contributed by atoms with Crippen LogP contribution in [0.1, 0.15) is 18.4 Å². The lowest BCUT2D eigenvalue weighted by Gasteiger charge is -2.12. The van der Waals surface area contributed by atoms with E-state index in [9.17, 15) is 9.59 Å². The fraction of sp³-hybridized carbons (Fsp3) is 0.467. The molecule has 1 fully saturated rings. The van der Waals surface area contributed by atoms with E-state index >= 15 is 0 Å². The first-order valence-electron chi connectivity index (χ1n) is 6.83. The van der Waals surface area contributed by atoms with Crippen LogP contribution in [-0.4, -0.2) is 38.3 Å². The highest BCUT2D eigenvalue weighted by molar-refractivity contribution is 5.94. The zero-order valence-corrected chi connectivity index (χ0v) is 12.2. The minimum absolute atomic E-state index is 0.338. The summed E-state index contributed by atoms with van der Waals surface area (Å²) in [5, 5.41) is 2.67. The maximum absolute atomic E-state index is 11.8. The van der Waals surface area contributed by atoms with Crippen LogP contribution >= 0.6 is 0 Å². The van der Waals surface area contributed by atoms with Crippen molar-refractivity contribution in [2.75, 3.05) is 25.6 Å². The first-order valence-corrected chi connectivity index (χ1v) is 6.83. The Morgan fingerprint density at radius 2 is 2.24 bits per heavy atom. The lowest BCUT2D eigenvalue weighted by molar-refractivity contribution is -0.156. The molecular formula is C15H19NO5. The van der Waals surface area contributed by atoms with E-state index in [4.69, 9.17) is 14.2 Å². The average Bonchev–Trinajstić information content (AvgIpc) is 2.99. The summed E-state index contributed by atoms with van der Waals surface area (Å²) in [5.74, 6) is -0.344. The Bertz CT molecular complexity index is 523. The largest absolute Gasteiger partial charge is 0.495 e. The van der Waals surface area contributed by atoms with Gasteiger partial charge in [-0.25, -0.2) is 4.79 Å². The van der Waals surface area contributed by atoms with E-state index in [2.05, 4.69) is 5.32 Å². The molecule has 1 aliphatic rings. The Morgan fingerprint density at radius 1 is 1.43 bits per heavy atom. The molecule has 1 aromatic carbocycles. The highest BCUT2D eigenvalue weighted by Crippen LogP contribution is 2.25. The fourth-order valence-electron chi connectivity index (χ4n) is 2.10. The van der Waals surface area contributed by atoms with Crippen LogP contribution in [0, 0.1) is 6.92 Å². The number of anilines is 1. The van der Waals surface area contributed by atoms with Crippen molar-refractivity contribution in [1.82, 2.24) is 0 Å². The molecule has 0 radical (unpaired) electrons. The number of hydrogen-bond acceptors (Lipinski definition) is 5. The van der Waals surface area contributed by atoms with Crippen molar-refractivity contribution in [2.24, 2.45) is 0 Å². The predicted molar refractivity (Wildman–Crippen MR) is 76.3 cm³/mol. The quantitative estimate of drug-likeness (QED) is 0.836. The first kappa shape index (κ1) is 15.3. The van der Waals surface area contributed by atoms with Gasteiger partial charge in [0.1, 0.15) is 5.75 Å². The van der Waals surface area contributed by atoms with Gasteiger partial charge in [-0.3, -0.25) is 4.79 Å². The van der Waals surface area contributed by atoms with E-state index in [1.807, 2.05) is 13.0 Å². The normalized spacial score (nSPS) is 17.3. The van der Waals surface area contributed by atoms with Crippen LogP contribution in [0.3, 0.4) is 0 Å². The van der Waals surface area contributed by atoms with E-state index in [0.29, 0.717) is 24.5 Å². The van der Waals surface area contributed by atoms with Crippen LogP contribution in [0.15, 0.2) is 18.2 Å². The Kier molecular flexibility index (Phi) is 5.16. The third-order valence-corrected chi connectivity index (χ3v) is 3.17. The molecule has 0 bridgehead atoms. The molecule has 21 heavy (non-hydrogen) atoms. The summed E-state index contributed by atoms with van der Waals surface area (Å²) in [5.41, 5.74) is 1.54. The maximum Gasteiger partial charge on any atom is 0.335 e. The van der Waals surface area contributed by atoms with Crippen molar-refractivity contribution < 1.29 is 23.8 Å². The van der Waals surface area contributed by atoms with Gasteiger partial charge in [0.2, 0.25) is 0 Å². The van der Waals surface area contributed by atoms with Crippen molar-refractivity contribution in [3.05, 3.63) is 23.8 Å². The summed E-state index contributed by atoms with van der Waals surface area (Å²) in [6, 6.07) is 5.44. The number of nitrogens with one attached hydrogen (secondary N) is 1. The van der Waals surface area contributed by atoms with E-state index in [1.54, 1.807) is 12.1 Å². The van der Waals surface area contributed by atoms with Gasteiger partial charge >= 0.3 is 5.97 Å². The van der Waals surface area contributed by atoms with Gasteiger partial charge in [-0.15, -0.1) is 0 Å². The fourth-order valence-corrected chi connectivity index (χ4v) is 2.10. The second-order valence-electron chi connectivity index (χ2n) is 4.86. The zero-order chi connectivity index (χ0) is 15.2. The number of carbonyl (C=O) groups excluding carboxylic acids is 2. The van der Waals surface area contributed by atoms with Crippen LogP contribution < -0.4 is 10.1 Å². The third kappa shape index (κ3) is 4.19. The Morgan fingerprint density at radius 3 is 2.90 bits per heavy atom. The van der Waals surface area contributed by atoms with Crippen LogP contribution in [0.2, 0.25) is 0 Å². The Labute approximate surface area is 123 Å². The predicted octanol–water partition coefficient (Wildman–Crippen LogP) is 1.66. The van der Waals surface area contributed by atoms with Gasteiger partial charge in [0, 0.05) is 6.61 Å². The molecule has 1 aliphatic heterocycles. The van der Waals surface area contributed by atoms with Gasteiger partial charge in [-0.2, -0.15) is 0 Å². The number of methoxy groups -OCH3 is 1. The van der Waals surface area contributed by atoms with E-state index in [1.165, 1.54) is 7.11 Å². The molecule has 0 unspecified atom stereocenters. The lowest BCUT2D eigenvalue weighted by Crippen LogP contribution is -2.27. The number of benzene rings is 1. The highest BCUT2D eigenvalue weighted by atomic mass is 16.6. The number of hydrogen-bond donors (Lipinski definition) is 1. The molecule has 2 rings (SSSR count). The molecule has 1 atom stereocenters. The highest BCUT2D eigenvalue weighted by Gasteiger charge is 2.25. The van der Waals surface area contributed by atoms with Crippen LogP contribution in [0.4, 0.5) is 5.69 Å². The van der Waals surface area contributed by atoms with Crippen molar-refractivity contribution >= 4 is 17.6 Å². The number of ether oxygens (including phenoxy) is 3. The minimum atomic E-state index is -0.536. The van der Waals surface area contributed by atoms with E-state index in [-0.39, 0.29) is 6.61 Å². The average molecular weight is 293 g/mol. The number of carbonyl (C=O) groups is 2. The molecular weight excluding hydrogens is 274 g/mol. The Balaban J connectivity index is 1.86. The summed E-state index contributed by atoms with van der Waals surface area (Å²) in [6.45, 7) is 2.13. The second kappa shape index (κ2) is 7.08. The number of rotatable bonds is 5. The number of esters is 1. The van der Waals surface area contributed by atoms with Crippen molar-refractivity contribution in [3.8, 4) is 5.75 Å². The standard InChI is InChI=1S/C15H19NO5/c1-10-5-6-12(19-2)11(8-10)16-14(17)9-21-15(18)13-4-3-7-20-13/h5-6,8,13H,3-4,7,9H2,1-2H3,(H,16,17)/t13-/m0/s1. The van der Waals surface area contributed by atoms with Gasteiger partial charge in [-0.05, 0) is 37.5 Å². The molecule has 6 nitrogen and oxygen atoms in total. The molecule has 1 heterocycles. The third-order valence-electron chi connectivity index (χ3n) is 3.17. The second-order valence-corrected chi connectivity index (χ2v) is 4.86. The van der Waals surface area contributed by atoms with Gasteiger partial charge in [0.15, 0.2) is 12.7 Å². The van der Waals surface area contributed by atoms with Crippen LogP contribution in [0.25, 0.3) is 0 Å². The molecule has 1 amide bonds. The molecule has 0 spiro atoms. The zero-order valence-electron chi connectivity index (χ0n) is 12.2. The smallest absolute Gasteiger partial charge is 0.335 e. The van der Waals surface area contributed by atoms with Crippen molar-refractivity contribution in [3.63, 3.8) is 0 Å².